The Kier molecular flexibility index (Phi) is 6.24. The molecule has 26 heavy (non-hydrogen) atoms. The Morgan fingerprint density at radius 2 is 1.92 bits per heavy atom. The molecule has 3 N–H and O–H groups in total. The van der Waals surface area contributed by atoms with Crippen LogP contribution in [0.4, 0.5) is 11.4 Å². The molecule has 0 bridgehead atoms. The van der Waals surface area contributed by atoms with Crippen molar-refractivity contribution in [3.05, 3.63) is 67.1 Å². The molecule has 0 aliphatic heterocycles. The van der Waals surface area contributed by atoms with Crippen molar-refractivity contribution in [1.82, 2.24) is 5.32 Å². The molecule has 2 aromatic carbocycles. The summed E-state index contributed by atoms with van der Waals surface area (Å²) in [6.45, 7) is 0. The van der Waals surface area contributed by atoms with E-state index in [1.54, 1.807) is 6.07 Å². The molecule has 2 aromatic rings. The third-order valence-electron chi connectivity index (χ3n) is 3.09. The number of thiocarbonyl (C=S) groups is 1. The first-order chi connectivity index (χ1) is 12.2. The van der Waals surface area contributed by atoms with Crippen LogP contribution in [0.3, 0.4) is 0 Å². The van der Waals surface area contributed by atoms with Crippen LogP contribution in [-0.2, 0) is 0 Å². The summed E-state index contributed by atoms with van der Waals surface area (Å²) in [7, 11) is 0. The average Bonchev–Trinajstić information content (AvgIpc) is 2.56. The fraction of sp³-hybridized carbons (Fsp3) is 0. The zero-order valence-electron chi connectivity index (χ0n) is 12.7. The first kappa shape index (κ1) is 19.8. The molecule has 0 fully saturated rings. The largest absolute Gasteiger partial charge is 0.478 e. The molecule has 0 saturated carbocycles. The Hall–Kier alpha value is -2.56. The first-order valence-electron chi connectivity index (χ1n) is 6.78. The third-order valence-corrected chi connectivity index (χ3v) is 4.11. The first-order valence-corrected chi connectivity index (χ1v) is 8.36. The molecule has 0 aromatic heterocycles. The van der Waals surface area contributed by atoms with Gasteiger partial charge in [0.2, 0.25) is 0 Å². The van der Waals surface area contributed by atoms with Crippen LogP contribution in [0.5, 0.6) is 0 Å². The second kappa shape index (κ2) is 8.21. The molecule has 134 valence electrons. The minimum Gasteiger partial charge on any atom is -0.478 e. The maximum absolute atomic E-state index is 12.2. The van der Waals surface area contributed by atoms with Crippen LogP contribution in [0, 0.1) is 10.1 Å². The fourth-order valence-electron chi connectivity index (χ4n) is 1.93. The second-order valence-electron chi connectivity index (χ2n) is 4.83. The minimum absolute atomic E-state index is 0.0282. The van der Waals surface area contributed by atoms with Crippen LogP contribution >= 0.6 is 39.7 Å². The Balaban J connectivity index is 2.16. The maximum Gasteiger partial charge on any atom is 0.337 e. The zero-order chi connectivity index (χ0) is 19.4. The Bertz CT molecular complexity index is 937. The van der Waals surface area contributed by atoms with Crippen molar-refractivity contribution in [2.45, 2.75) is 0 Å². The van der Waals surface area contributed by atoms with E-state index in [1.807, 2.05) is 0 Å². The zero-order valence-corrected chi connectivity index (χ0v) is 15.8. The fourth-order valence-corrected chi connectivity index (χ4v) is 2.68. The SMILES string of the molecule is O=C(NC(=S)Nc1ccc(Br)cc1C(=O)O)c1ccc(Cl)c([N+](=O)[O-])c1. The highest BCUT2D eigenvalue weighted by molar-refractivity contribution is 9.10. The van der Waals surface area contributed by atoms with Crippen molar-refractivity contribution in [3.63, 3.8) is 0 Å². The van der Waals surface area contributed by atoms with E-state index in [9.17, 15) is 24.8 Å². The molecule has 11 heteroatoms. The number of rotatable bonds is 4. The summed E-state index contributed by atoms with van der Waals surface area (Å²) in [6.07, 6.45) is 0. The van der Waals surface area contributed by atoms with Crippen molar-refractivity contribution in [1.29, 1.82) is 0 Å². The number of nitrogens with zero attached hydrogens (tertiary/aromatic N) is 1. The van der Waals surface area contributed by atoms with Crippen LogP contribution < -0.4 is 10.6 Å². The van der Waals surface area contributed by atoms with E-state index in [0.29, 0.717) is 4.47 Å². The third kappa shape index (κ3) is 4.75. The van der Waals surface area contributed by atoms with Crippen LogP contribution in [-0.4, -0.2) is 27.0 Å². The number of carbonyl (C=O) groups is 2. The van der Waals surface area contributed by atoms with E-state index in [4.69, 9.17) is 23.8 Å². The van der Waals surface area contributed by atoms with Gasteiger partial charge in [-0.2, -0.15) is 0 Å². The Morgan fingerprint density at radius 3 is 2.54 bits per heavy atom. The quantitative estimate of drug-likeness (QED) is 0.361. The van der Waals surface area contributed by atoms with Gasteiger partial charge in [-0.3, -0.25) is 20.2 Å². The van der Waals surface area contributed by atoms with Gasteiger partial charge in [-0.25, -0.2) is 4.79 Å². The predicted molar refractivity (Wildman–Crippen MR) is 103 cm³/mol. The summed E-state index contributed by atoms with van der Waals surface area (Å²) in [5.41, 5.74) is -0.329. The number of nitro groups is 1. The number of amides is 1. The van der Waals surface area contributed by atoms with Gasteiger partial charge in [0, 0.05) is 16.1 Å². The Labute approximate surface area is 165 Å². The molecular formula is C15H9BrClN3O5S. The number of carboxylic acids is 1. The number of nitro benzene ring substituents is 1. The summed E-state index contributed by atoms with van der Waals surface area (Å²) in [5.74, 6) is -1.90. The lowest BCUT2D eigenvalue weighted by Crippen LogP contribution is -2.34. The highest BCUT2D eigenvalue weighted by atomic mass is 79.9. The summed E-state index contributed by atoms with van der Waals surface area (Å²) < 4.78 is 0.559. The monoisotopic (exact) mass is 457 g/mol. The lowest BCUT2D eigenvalue weighted by Gasteiger charge is -2.12. The lowest BCUT2D eigenvalue weighted by molar-refractivity contribution is -0.384. The highest BCUT2D eigenvalue weighted by Gasteiger charge is 2.18. The van der Waals surface area contributed by atoms with Gasteiger partial charge >= 0.3 is 5.97 Å². The standard InChI is InChI=1S/C15H9BrClN3O5S/c16-8-2-4-11(9(6-8)14(22)23)18-15(26)19-13(21)7-1-3-10(17)12(5-7)20(24)25/h1-6H,(H,22,23)(H2,18,19,21,26). The molecule has 8 nitrogen and oxygen atoms in total. The number of carbonyl (C=O) groups excluding carboxylic acids is 1. The normalized spacial score (nSPS) is 10.1. The van der Waals surface area contributed by atoms with E-state index < -0.39 is 22.5 Å². The Morgan fingerprint density at radius 1 is 1.23 bits per heavy atom. The predicted octanol–water partition coefficient (Wildman–Crippen LogP) is 3.84. The van der Waals surface area contributed by atoms with Gasteiger partial charge in [0.05, 0.1) is 16.2 Å². The van der Waals surface area contributed by atoms with Crippen molar-refractivity contribution in [2.24, 2.45) is 0 Å². The molecular weight excluding hydrogens is 450 g/mol. The highest BCUT2D eigenvalue weighted by Crippen LogP contribution is 2.25. The summed E-state index contributed by atoms with van der Waals surface area (Å²) in [5, 5.41) is 24.7. The van der Waals surface area contributed by atoms with Crippen molar-refractivity contribution >= 4 is 68.1 Å². The van der Waals surface area contributed by atoms with Crippen LogP contribution in [0.15, 0.2) is 40.9 Å². The number of aromatic carboxylic acids is 1. The molecule has 0 spiro atoms. The minimum atomic E-state index is -1.18. The van der Waals surface area contributed by atoms with Crippen molar-refractivity contribution in [3.8, 4) is 0 Å². The molecule has 0 aliphatic carbocycles. The number of hydrogen-bond acceptors (Lipinski definition) is 5. The lowest BCUT2D eigenvalue weighted by atomic mass is 10.2. The molecule has 0 saturated heterocycles. The number of anilines is 1. The average molecular weight is 459 g/mol. The van der Waals surface area contributed by atoms with E-state index in [0.717, 1.165) is 6.07 Å². The molecule has 0 atom stereocenters. The molecule has 0 heterocycles. The van der Waals surface area contributed by atoms with Gasteiger partial charge < -0.3 is 10.4 Å². The molecule has 0 unspecified atom stereocenters. The van der Waals surface area contributed by atoms with E-state index in [-0.39, 0.29) is 26.9 Å². The topological polar surface area (TPSA) is 122 Å². The van der Waals surface area contributed by atoms with Crippen LogP contribution in [0.25, 0.3) is 0 Å². The van der Waals surface area contributed by atoms with Crippen LogP contribution in [0.2, 0.25) is 5.02 Å². The maximum atomic E-state index is 12.2. The summed E-state index contributed by atoms with van der Waals surface area (Å²) >= 11 is 13.9. The van der Waals surface area contributed by atoms with Gasteiger partial charge in [0.25, 0.3) is 11.6 Å². The van der Waals surface area contributed by atoms with Gasteiger partial charge in [-0.15, -0.1) is 0 Å². The smallest absolute Gasteiger partial charge is 0.337 e. The van der Waals surface area contributed by atoms with Crippen molar-refractivity contribution in [2.75, 3.05) is 5.32 Å². The van der Waals surface area contributed by atoms with Gasteiger partial charge in [-0.05, 0) is 42.5 Å². The molecule has 0 radical (unpaired) electrons. The number of carboxylic acid groups (broad SMARTS) is 1. The molecule has 0 aliphatic rings. The number of hydrogen-bond donors (Lipinski definition) is 3. The summed E-state index contributed by atoms with van der Waals surface area (Å²) in [6, 6.07) is 7.99. The second-order valence-corrected chi connectivity index (χ2v) is 6.56. The van der Waals surface area contributed by atoms with Crippen LogP contribution in [0.1, 0.15) is 20.7 Å². The van der Waals surface area contributed by atoms with Gasteiger partial charge in [0.15, 0.2) is 5.11 Å². The molecule has 1 amide bonds. The number of halogens is 2. The van der Waals surface area contributed by atoms with E-state index in [1.165, 1.54) is 24.3 Å². The summed E-state index contributed by atoms with van der Waals surface area (Å²) in [4.78, 5) is 33.6. The van der Waals surface area contributed by atoms with Gasteiger partial charge in [-0.1, -0.05) is 27.5 Å². The number of nitrogens with one attached hydrogen (secondary N) is 2. The number of benzene rings is 2. The molecule has 2 rings (SSSR count). The van der Waals surface area contributed by atoms with E-state index >= 15 is 0 Å². The van der Waals surface area contributed by atoms with Crippen molar-refractivity contribution < 1.29 is 19.6 Å². The van der Waals surface area contributed by atoms with Gasteiger partial charge in [0.1, 0.15) is 5.02 Å². The van der Waals surface area contributed by atoms with E-state index in [2.05, 4.69) is 26.6 Å².